The van der Waals surface area contributed by atoms with Crippen LogP contribution in [0.2, 0.25) is 0 Å². The van der Waals surface area contributed by atoms with Crippen LogP contribution < -0.4 is 14.8 Å². The lowest BCUT2D eigenvalue weighted by molar-refractivity contribution is -0.132. The number of rotatable bonds is 11. The van der Waals surface area contributed by atoms with E-state index in [2.05, 4.69) is 5.32 Å². The Morgan fingerprint density at radius 3 is 2.69 bits per heavy atom. The van der Waals surface area contributed by atoms with E-state index in [0.717, 1.165) is 16.9 Å². The van der Waals surface area contributed by atoms with E-state index in [1.54, 1.807) is 24.5 Å². The summed E-state index contributed by atoms with van der Waals surface area (Å²) in [5.74, 6) is 0.897. The van der Waals surface area contributed by atoms with Crippen molar-refractivity contribution in [2.75, 3.05) is 26.8 Å². The second kappa shape index (κ2) is 11.9. The van der Waals surface area contributed by atoms with Crippen molar-refractivity contribution in [3.63, 3.8) is 0 Å². The molecule has 0 bridgehead atoms. The second-order valence-electron chi connectivity index (χ2n) is 6.30. The maximum atomic E-state index is 12.5. The van der Waals surface area contributed by atoms with Crippen molar-refractivity contribution in [3.05, 3.63) is 52.2 Å². The first kappa shape index (κ1) is 22.5. The standard InChI is InChI=1S/C22H28N2O4S/c1-4-12-28-19-10-8-17(14-20(19)27-3)9-11-22(26)24(5-2)16-21(25)23-15-18-7-6-13-29-18/h6-11,13-14H,4-5,12,15-16H2,1-3H3,(H,23,25)/b11-9+. The van der Waals surface area contributed by atoms with Gasteiger partial charge in [0.1, 0.15) is 0 Å². The zero-order valence-corrected chi connectivity index (χ0v) is 18.0. The topological polar surface area (TPSA) is 67.9 Å². The van der Waals surface area contributed by atoms with Gasteiger partial charge in [0.15, 0.2) is 11.5 Å². The van der Waals surface area contributed by atoms with E-state index in [1.807, 2.05) is 49.6 Å². The Labute approximate surface area is 176 Å². The Morgan fingerprint density at radius 2 is 2.03 bits per heavy atom. The van der Waals surface area contributed by atoms with Crippen molar-refractivity contribution in [2.45, 2.75) is 26.8 Å². The molecule has 2 aromatic rings. The van der Waals surface area contributed by atoms with Crippen molar-refractivity contribution in [1.29, 1.82) is 0 Å². The lowest BCUT2D eigenvalue weighted by Crippen LogP contribution is -2.39. The van der Waals surface area contributed by atoms with E-state index in [-0.39, 0.29) is 18.4 Å². The van der Waals surface area contributed by atoms with Crippen LogP contribution >= 0.6 is 11.3 Å². The molecule has 1 N–H and O–H groups in total. The molecule has 0 saturated carbocycles. The molecule has 29 heavy (non-hydrogen) atoms. The number of hydrogen-bond donors (Lipinski definition) is 1. The fraction of sp³-hybridized carbons (Fsp3) is 0.364. The summed E-state index contributed by atoms with van der Waals surface area (Å²) in [6, 6.07) is 9.41. The highest BCUT2D eigenvalue weighted by Crippen LogP contribution is 2.28. The second-order valence-corrected chi connectivity index (χ2v) is 7.33. The Morgan fingerprint density at radius 1 is 1.21 bits per heavy atom. The van der Waals surface area contributed by atoms with Gasteiger partial charge in [0.2, 0.25) is 11.8 Å². The first-order chi connectivity index (χ1) is 14.1. The fourth-order valence-electron chi connectivity index (χ4n) is 2.57. The van der Waals surface area contributed by atoms with Crippen molar-refractivity contribution in [2.24, 2.45) is 0 Å². The number of carbonyl (C=O) groups is 2. The molecule has 0 unspecified atom stereocenters. The molecule has 0 radical (unpaired) electrons. The van der Waals surface area contributed by atoms with Crippen molar-refractivity contribution < 1.29 is 19.1 Å². The van der Waals surface area contributed by atoms with Crippen molar-refractivity contribution in [3.8, 4) is 11.5 Å². The molecule has 6 nitrogen and oxygen atoms in total. The zero-order valence-electron chi connectivity index (χ0n) is 17.1. The largest absolute Gasteiger partial charge is 0.493 e. The average Bonchev–Trinajstić information content (AvgIpc) is 3.26. The van der Waals surface area contributed by atoms with E-state index in [4.69, 9.17) is 9.47 Å². The van der Waals surface area contributed by atoms with Gasteiger partial charge in [0, 0.05) is 17.5 Å². The van der Waals surface area contributed by atoms with Crippen molar-refractivity contribution >= 4 is 29.2 Å². The van der Waals surface area contributed by atoms with Crippen LogP contribution in [0.25, 0.3) is 6.08 Å². The fourth-order valence-corrected chi connectivity index (χ4v) is 3.21. The summed E-state index contributed by atoms with van der Waals surface area (Å²) in [6.45, 7) is 5.45. The van der Waals surface area contributed by atoms with Gasteiger partial charge in [0.05, 0.1) is 26.8 Å². The number of nitrogens with one attached hydrogen (secondary N) is 1. The molecule has 0 saturated heterocycles. The van der Waals surface area contributed by atoms with Crippen molar-refractivity contribution in [1.82, 2.24) is 10.2 Å². The summed E-state index contributed by atoms with van der Waals surface area (Å²) in [5, 5.41) is 4.80. The van der Waals surface area contributed by atoms with Gasteiger partial charge < -0.3 is 19.7 Å². The van der Waals surface area contributed by atoms with Gasteiger partial charge in [-0.25, -0.2) is 0 Å². The molecular weight excluding hydrogens is 388 g/mol. The molecule has 0 aliphatic rings. The van der Waals surface area contributed by atoms with Gasteiger partial charge in [-0.2, -0.15) is 0 Å². The molecule has 1 aromatic carbocycles. The highest BCUT2D eigenvalue weighted by molar-refractivity contribution is 7.09. The van der Waals surface area contributed by atoms with Crippen LogP contribution in [0.3, 0.4) is 0 Å². The van der Waals surface area contributed by atoms with E-state index < -0.39 is 0 Å². The highest BCUT2D eigenvalue weighted by Gasteiger charge is 2.13. The molecule has 2 rings (SSSR count). The van der Waals surface area contributed by atoms with E-state index in [0.29, 0.717) is 31.2 Å². The predicted molar refractivity (Wildman–Crippen MR) is 116 cm³/mol. The maximum Gasteiger partial charge on any atom is 0.247 e. The zero-order chi connectivity index (χ0) is 21.1. The third kappa shape index (κ3) is 7.27. The van der Waals surface area contributed by atoms with Crippen LogP contribution in [0.1, 0.15) is 30.7 Å². The third-order valence-corrected chi connectivity index (χ3v) is 5.01. The van der Waals surface area contributed by atoms with Crippen LogP contribution in [0, 0.1) is 0 Å². The first-order valence-electron chi connectivity index (χ1n) is 9.64. The van der Waals surface area contributed by atoms with Gasteiger partial charge in [-0.3, -0.25) is 9.59 Å². The van der Waals surface area contributed by atoms with E-state index in [9.17, 15) is 9.59 Å². The minimum absolute atomic E-state index is 0.0260. The summed E-state index contributed by atoms with van der Waals surface area (Å²) in [4.78, 5) is 27.2. The Hall–Kier alpha value is -2.80. The first-order valence-corrected chi connectivity index (χ1v) is 10.5. The number of ether oxygens (including phenoxy) is 2. The number of nitrogens with zero attached hydrogens (tertiary/aromatic N) is 1. The van der Waals surface area contributed by atoms with Crippen LogP contribution in [0.15, 0.2) is 41.8 Å². The number of benzene rings is 1. The molecule has 0 fully saturated rings. The number of likely N-dealkylation sites (N-methyl/N-ethyl adjacent to an activating group) is 1. The molecule has 0 aliphatic heterocycles. The quantitative estimate of drug-likeness (QED) is 0.567. The number of thiophene rings is 1. The molecule has 2 amide bonds. The highest BCUT2D eigenvalue weighted by atomic mass is 32.1. The SMILES string of the molecule is CCCOc1ccc(/C=C/C(=O)N(CC)CC(=O)NCc2cccs2)cc1OC. The number of amides is 2. The Kier molecular flexibility index (Phi) is 9.24. The molecule has 1 aromatic heterocycles. The van der Waals surface area contributed by atoms with Gasteiger partial charge in [-0.05, 0) is 48.6 Å². The van der Waals surface area contributed by atoms with Crippen LogP contribution in [-0.2, 0) is 16.1 Å². The molecular formula is C22H28N2O4S. The number of hydrogen-bond acceptors (Lipinski definition) is 5. The average molecular weight is 417 g/mol. The smallest absolute Gasteiger partial charge is 0.247 e. The molecule has 0 atom stereocenters. The van der Waals surface area contributed by atoms with Gasteiger partial charge in [-0.15, -0.1) is 11.3 Å². The van der Waals surface area contributed by atoms with Gasteiger partial charge in [-0.1, -0.05) is 19.1 Å². The van der Waals surface area contributed by atoms with E-state index >= 15 is 0 Å². The summed E-state index contributed by atoms with van der Waals surface area (Å²) in [6.07, 6.45) is 4.09. The number of methoxy groups -OCH3 is 1. The molecule has 1 heterocycles. The molecule has 0 spiro atoms. The monoisotopic (exact) mass is 416 g/mol. The third-order valence-electron chi connectivity index (χ3n) is 4.14. The lowest BCUT2D eigenvalue weighted by atomic mass is 10.2. The van der Waals surface area contributed by atoms with Crippen LogP contribution in [0.4, 0.5) is 0 Å². The minimum Gasteiger partial charge on any atom is -0.493 e. The van der Waals surface area contributed by atoms with Crippen LogP contribution in [-0.4, -0.2) is 43.5 Å². The Balaban J connectivity index is 1.93. The molecule has 7 heteroatoms. The minimum atomic E-state index is -0.218. The normalized spacial score (nSPS) is 10.7. The summed E-state index contributed by atoms with van der Waals surface area (Å²) < 4.78 is 11.0. The van der Waals surface area contributed by atoms with E-state index in [1.165, 1.54) is 11.0 Å². The summed E-state index contributed by atoms with van der Waals surface area (Å²) in [5.41, 5.74) is 0.817. The lowest BCUT2D eigenvalue weighted by Gasteiger charge is -2.18. The van der Waals surface area contributed by atoms with Gasteiger partial charge >= 0.3 is 0 Å². The van der Waals surface area contributed by atoms with Crippen LogP contribution in [0.5, 0.6) is 11.5 Å². The number of carbonyl (C=O) groups excluding carboxylic acids is 2. The predicted octanol–water partition coefficient (Wildman–Crippen LogP) is 3.72. The maximum absolute atomic E-state index is 12.5. The Bertz CT molecular complexity index is 818. The summed E-state index contributed by atoms with van der Waals surface area (Å²) in [7, 11) is 1.58. The van der Waals surface area contributed by atoms with Gasteiger partial charge in [0.25, 0.3) is 0 Å². The summed E-state index contributed by atoms with van der Waals surface area (Å²) >= 11 is 1.58. The molecule has 156 valence electrons. The molecule has 0 aliphatic carbocycles.